The average Bonchev–Trinajstić information content (AvgIpc) is 2.44. The second kappa shape index (κ2) is 8.60. The van der Waals surface area contributed by atoms with Crippen LogP contribution < -0.4 is 0 Å². The topological polar surface area (TPSA) is 0 Å². The molecule has 0 heterocycles. The zero-order chi connectivity index (χ0) is 19.2. The molecule has 24 heavy (non-hydrogen) atoms. The van der Waals surface area contributed by atoms with Crippen LogP contribution >= 0.6 is 0 Å². The van der Waals surface area contributed by atoms with Crippen LogP contribution in [0.15, 0.2) is 0 Å². The second-order valence-electron chi connectivity index (χ2n) is 5.65. The van der Waals surface area contributed by atoms with Crippen LogP contribution in [0.3, 0.4) is 0 Å². The highest BCUT2D eigenvalue weighted by Crippen LogP contribution is 2.54. The molecule has 0 aliphatic carbocycles. The van der Waals surface area contributed by atoms with Gasteiger partial charge in [0.25, 0.3) is 0 Å². The van der Waals surface area contributed by atoms with Crippen LogP contribution in [0, 0.1) is 0 Å². The first kappa shape index (κ1) is 23.3. The van der Waals surface area contributed by atoms with Crippen molar-refractivity contribution in [3.05, 3.63) is 0 Å². The molecule has 0 aliphatic rings. The normalized spacial score (nSPS) is 15.6. The molecule has 0 saturated heterocycles. The van der Waals surface area contributed by atoms with Gasteiger partial charge in [-0.2, -0.15) is 39.5 Å². The van der Waals surface area contributed by atoms with Crippen LogP contribution in [0.25, 0.3) is 0 Å². The van der Waals surface area contributed by atoms with Crippen LogP contribution in [-0.2, 0) is 0 Å². The van der Waals surface area contributed by atoms with Crippen molar-refractivity contribution in [1.82, 2.24) is 0 Å². The molecule has 1 atom stereocenters. The lowest BCUT2D eigenvalue weighted by atomic mass is 9.96. The summed E-state index contributed by atoms with van der Waals surface area (Å²) in [6.07, 6.45) is -8.10. The van der Waals surface area contributed by atoms with Gasteiger partial charge in [-0.05, 0) is 6.42 Å². The zero-order valence-corrected chi connectivity index (χ0v) is 13.0. The third-order valence-corrected chi connectivity index (χ3v) is 3.62. The van der Waals surface area contributed by atoms with Crippen molar-refractivity contribution in [3.63, 3.8) is 0 Å². The number of unbranched alkanes of at least 4 members (excludes halogenated alkanes) is 6. The van der Waals surface area contributed by atoms with Gasteiger partial charge in [-0.15, -0.1) is 0 Å². The summed E-state index contributed by atoms with van der Waals surface area (Å²) >= 11 is 0. The molecular formula is C14H20F10. The highest BCUT2D eigenvalue weighted by molar-refractivity contribution is 5.03. The Morgan fingerprint density at radius 2 is 1.04 bits per heavy atom. The molecule has 0 radical (unpaired) electrons. The van der Waals surface area contributed by atoms with E-state index in [1.807, 2.05) is 6.92 Å². The monoisotopic (exact) mass is 378 g/mol. The largest absolute Gasteiger partial charge is 0.460 e. The van der Waals surface area contributed by atoms with E-state index in [4.69, 9.17) is 0 Å². The van der Waals surface area contributed by atoms with Gasteiger partial charge >= 0.3 is 23.9 Å². The molecule has 0 bridgehead atoms. The first-order valence-corrected chi connectivity index (χ1v) is 7.57. The lowest BCUT2D eigenvalue weighted by Gasteiger charge is -2.35. The summed E-state index contributed by atoms with van der Waals surface area (Å²) in [6, 6.07) is 0. The molecular weight excluding hydrogens is 358 g/mol. The molecule has 0 aromatic heterocycles. The molecule has 0 rings (SSSR count). The Bertz CT molecular complexity index is 361. The minimum atomic E-state index is -7.03. The molecule has 10 heteroatoms. The molecule has 0 N–H and O–H groups in total. The Kier molecular flexibility index (Phi) is 8.35. The maximum absolute atomic E-state index is 13.3. The van der Waals surface area contributed by atoms with Gasteiger partial charge < -0.3 is 0 Å². The standard InChI is InChI=1S/C14H20F10/c1-2-3-4-5-6-7-8-9-10(15)11(16,17)12(18,19)13(20,21)14(22,23)24/h10H,2-9H2,1H3. The molecule has 1 unspecified atom stereocenters. The Hall–Kier alpha value is -0.700. The SMILES string of the molecule is CCCCCCCCCC(F)C(F)(F)C(F)(F)C(F)(F)C(F)(F)F. The van der Waals surface area contributed by atoms with Gasteiger partial charge in [0, 0.05) is 0 Å². The van der Waals surface area contributed by atoms with E-state index in [1.54, 1.807) is 0 Å². The van der Waals surface area contributed by atoms with Crippen LogP contribution in [-0.4, -0.2) is 30.1 Å². The fourth-order valence-electron chi connectivity index (χ4n) is 2.05. The Morgan fingerprint density at radius 1 is 0.625 bits per heavy atom. The molecule has 0 nitrogen and oxygen atoms in total. The van der Waals surface area contributed by atoms with Gasteiger partial charge in [0.2, 0.25) is 0 Å². The number of alkyl halides is 10. The maximum atomic E-state index is 13.3. The van der Waals surface area contributed by atoms with Crippen LogP contribution in [0.2, 0.25) is 0 Å². The Morgan fingerprint density at radius 3 is 1.46 bits per heavy atom. The summed E-state index contributed by atoms with van der Waals surface area (Å²) in [4.78, 5) is 0. The molecule has 0 aromatic carbocycles. The predicted octanol–water partition coefficient (Wildman–Crippen LogP) is 6.93. The molecule has 0 aliphatic heterocycles. The van der Waals surface area contributed by atoms with E-state index in [0.29, 0.717) is 12.8 Å². The van der Waals surface area contributed by atoms with Crippen LogP contribution in [0.4, 0.5) is 43.9 Å². The summed E-state index contributed by atoms with van der Waals surface area (Å²) in [5, 5.41) is 0. The maximum Gasteiger partial charge on any atom is 0.460 e. The van der Waals surface area contributed by atoms with Gasteiger partial charge in [0.1, 0.15) is 0 Å². The smallest absolute Gasteiger partial charge is 0.241 e. The first-order chi connectivity index (χ1) is 10.7. The highest BCUT2D eigenvalue weighted by Gasteiger charge is 2.83. The Balaban J connectivity index is 4.68. The van der Waals surface area contributed by atoms with E-state index in [1.165, 1.54) is 0 Å². The number of halogens is 10. The molecule has 0 aromatic rings. The summed E-state index contributed by atoms with van der Waals surface area (Å²) in [7, 11) is 0. The zero-order valence-electron chi connectivity index (χ0n) is 13.0. The Labute approximate surface area is 133 Å². The fraction of sp³-hybridized carbons (Fsp3) is 1.00. The van der Waals surface area contributed by atoms with E-state index >= 15 is 0 Å². The lowest BCUT2D eigenvalue weighted by molar-refractivity contribution is -0.403. The van der Waals surface area contributed by atoms with E-state index < -0.39 is 36.5 Å². The van der Waals surface area contributed by atoms with Gasteiger partial charge in [-0.25, -0.2) is 4.39 Å². The minimum absolute atomic E-state index is 0.196. The van der Waals surface area contributed by atoms with Gasteiger partial charge in [0.15, 0.2) is 6.17 Å². The van der Waals surface area contributed by atoms with E-state index in [-0.39, 0.29) is 12.8 Å². The van der Waals surface area contributed by atoms with Gasteiger partial charge in [0.05, 0.1) is 0 Å². The first-order valence-electron chi connectivity index (χ1n) is 7.57. The van der Waals surface area contributed by atoms with Gasteiger partial charge in [-0.1, -0.05) is 51.9 Å². The summed E-state index contributed by atoms with van der Waals surface area (Å²) in [6.45, 7) is 1.95. The predicted molar refractivity (Wildman–Crippen MR) is 68.4 cm³/mol. The van der Waals surface area contributed by atoms with E-state index in [0.717, 1.165) is 19.3 Å². The van der Waals surface area contributed by atoms with Gasteiger partial charge in [-0.3, -0.25) is 0 Å². The van der Waals surface area contributed by atoms with E-state index in [2.05, 4.69) is 0 Å². The van der Waals surface area contributed by atoms with Crippen LogP contribution in [0.5, 0.6) is 0 Å². The van der Waals surface area contributed by atoms with Crippen molar-refractivity contribution in [2.24, 2.45) is 0 Å². The van der Waals surface area contributed by atoms with Crippen molar-refractivity contribution >= 4 is 0 Å². The fourth-order valence-corrected chi connectivity index (χ4v) is 2.05. The molecule has 146 valence electrons. The van der Waals surface area contributed by atoms with E-state index in [9.17, 15) is 43.9 Å². The van der Waals surface area contributed by atoms with Crippen molar-refractivity contribution in [1.29, 1.82) is 0 Å². The molecule has 0 saturated carbocycles. The number of rotatable bonds is 11. The summed E-state index contributed by atoms with van der Waals surface area (Å²) < 4.78 is 127. The number of hydrogen-bond donors (Lipinski definition) is 0. The van der Waals surface area contributed by atoms with Crippen molar-refractivity contribution in [2.45, 2.75) is 88.4 Å². The summed E-state index contributed by atoms with van der Waals surface area (Å²) in [5.74, 6) is -20.0. The van der Waals surface area contributed by atoms with Crippen molar-refractivity contribution < 1.29 is 43.9 Å². The molecule has 0 fully saturated rings. The molecule has 0 amide bonds. The van der Waals surface area contributed by atoms with Crippen molar-refractivity contribution in [3.8, 4) is 0 Å². The third-order valence-electron chi connectivity index (χ3n) is 3.62. The van der Waals surface area contributed by atoms with Crippen LogP contribution in [0.1, 0.15) is 58.3 Å². The third kappa shape index (κ3) is 5.15. The molecule has 0 spiro atoms. The second-order valence-corrected chi connectivity index (χ2v) is 5.65. The lowest BCUT2D eigenvalue weighted by Crippen LogP contribution is -2.63. The van der Waals surface area contributed by atoms with Crippen molar-refractivity contribution in [2.75, 3.05) is 0 Å². The quantitative estimate of drug-likeness (QED) is 0.270. The summed E-state index contributed by atoms with van der Waals surface area (Å²) in [5.41, 5.74) is 0. The highest BCUT2D eigenvalue weighted by atomic mass is 19.4. The minimum Gasteiger partial charge on any atom is -0.241 e. The number of hydrogen-bond acceptors (Lipinski definition) is 0. The average molecular weight is 378 g/mol.